The summed E-state index contributed by atoms with van der Waals surface area (Å²) in [5.41, 5.74) is 5.59. The molecule has 4 aromatic carbocycles. The minimum atomic E-state index is -1.01. The Bertz CT molecular complexity index is 4700. The van der Waals surface area contributed by atoms with Crippen molar-refractivity contribution in [1.29, 1.82) is 0 Å². The van der Waals surface area contributed by atoms with Crippen LogP contribution in [0.25, 0.3) is 21.8 Å². The van der Waals surface area contributed by atoms with Crippen molar-refractivity contribution in [1.82, 2.24) is 55.9 Å². The lowest BCUT2D eigenvalue weighted by molar-refractivity contribution is -0.137. The minimum absolute atomic E-state index is 0.0442. The van der Waals surface area contributed by atoms with Crippen LogP contribution in [0, 0.1) is 5.92 Å². The summed E-state index contributed by atoms with van der Waals surface area (Å²) in [5.74, 6) is -2.96. The van der Waals surface area contributed by atoms with Gasteiger partial charge in [-0.15, -0.1) is 0 Å². The van der Waals surface area contributed by atoms with Crippen LogP contribution in [0.2, 0.25) is 0 Å². The number of H-pyrrole nitrogens is 2. The summed E-state index contributed by atoms with van der Waals surface area (Å²) in [6, 6.07) is 24.0. The van der Waals surface area contributed by atoms with Crippen molar-refractivity contribution >= 4 is 114 Å². The molecule has 4 fully saturated rings. The van der Waals surface area contributed by atoms with E-state index in [-0.39, 0.29) is 78.9 Å². The van der Waals surface area contributed by atoms with Gasteiger partial charge in [-0.25, -0.2) is 9.97 Å². The van der Waals surface area contributed by atoms with Gasteiger partial charge >= 0.3 is 0 Å². The maximum atomic E-state index is 13.3. The van der Waals surface area contributed by atoms with E-state index in [0.29, 0.717) is 81.6 Å². The molecule has 14 rings (SSSR count). The van der Waals surface area contributed by atoms with Crippen LogP contribution in [0.1, 0.15) is 170 Å². The molecule has 10 heterocycles. The number of fused-ring (bicyclic) bond motifs is 4. The van der Waals surface area contributed by atoms with Gasteiger partial charge in [-0.3, -0.25) is 73.3 Å². The van der Waals surface area contributed by atoms with E-state index in [0.717, 1.165) is 147 Å². The number of carbonyl (C=O) groups is 10. The van der Waals surface area contributed by atoms with Crippen LogP contribution in [-0.2, 0) is 51.0 Å². The van der Waals surface area contributed by atoms with Crippen LogP contribution >= 0.6 is 22.7 Å². The third-order valence-corrected chi connectivity index (χ3v) is 23.1. The van der Waals surface area contributed by atoms with Gasteiger partial charge in [0.05, 0.1) is 85.8 Å². The van der Waals surface area contributed by atoms with E-state index < -0.39 is 59.3 Å². The summed E-state index contributed by atoms with van der Waals surface area (Å²) in [5, 5.41) is 15.3. The smallest absolute Gasteiger partial charge is 0.263 e. The number of para-hydroxylation sites is 2. The second-order valence-corrected chi connectivity index (χ2v) is 31.1. The van der Waals surface area contributed by atoms with Gasteiger partial charge < -0.3 is 58.8 Å². The van der Waals surface area contributed by atoms with E-state index in [4.69, 9.17) is 28.4 Å². The van der Waals surface area contributed by atoms with E-state index in [1.165, 1.54) is 63.0 Å². The van der Waals surface area contributed by atoms with Gasteiger partial charge in [-0.05, 0) is 111 Å². The number of nitrogens with one attached hydrogen (secondary N) is 6. The summed E-state index contributed by atoms with van der Waals surface area (Å²) in [4.78, 5) is 151. The Hall–Kier alpha value is -10.1. The molecule has 4 aromatic heterocycles. The minimum Gasteiger partial charge on any atom is -0.491 e. The lowest BCUT2D eigenvalue weighted by Crippen LogP contribution is -2.54. The third kappa shape index (κ3) is 22.3. The number of unbranched alkanes of at least 4 members (excludes halogenated alkanes) is 2. The number of aromatic amines is 2. The molecule has 0 radical (unpaired) electrons. The van der Waals surface area contributed by atoms with E-state index in [2.05, 4.69) is 119 Å². The molecule has 612 valence electrons. The number of hydrogen-bond acceptors (Lipinski definition) is 24. The molecule has 31 heteroatoms. The Balaban J connectivity index is 0.000000176. The summed E-state index contributed by atoms with van der Waals surface area (Å²) in [7, 11) is 0. The first kappa shape index (κ1) is 84.3. The van der Waals surface area contributed by atoms with Crippen LogP contribution in [0.5, 0.6) is 11.5 Å². The monoisotopic (exact) mass is 1610 g/mol. The summed E-state index contributed by atoms with van der Waals surface area (Å²) < 4.78 is 33.5. The number of carbonyl (C=O) groups excluding carboxylic acids is 10. The lowest BCUT2D eigenvalue weighted by atomic mass is 9.89. The maximum absolute atomic E-state index is 13.3. The summed E-state index contributed by atoms with van der Waals surface area (Å²) >= 11 is 3.00. The van der Waals surface area contributed by atoms with Gasteiger partial charge in [-0.1, -0.05) is 106 Å². The number of ether oxygens (including phenoxy) is 6. The van der Waals surface area contributed by atoms with Crippen molar-refractivity contribution in [2.24, 2.45) is 5.92 Å². The van der Waals surface area contributed by atoms with Crippen molar-refractivity contribution in [2.45, 2.75) is 129 Å². The first-order valence-corrected chi connectivity index (χ1v) is 41.8. The maximum Gasteiger partial charge on any atom is 0.263 e. The van der Waals surface area contributed by atoms with Crippen molar-refractivity contribution in [3.63, 3.8) is 0 Å². The molecule has 6 aliphatic rings. The SMILES string of the molecule is CCCCC(CC(=O)c1cnc(N2CCNCC2)s1)Cc1c[nH]c2ccccc12.CCCCC(Cc1c[nH]c2ccccc12)NC(=O)c1cnc(N2CCN(CCOCCOCCOc3ccc4c(c3)C(=O)N(C3CCC(=O)NC3=O)C4=O)CC2)s1.CCCOCCOCCOc1ccc2c(c1)C(=O)N(C1CCC(=O)NC1=O)C2=O. The van der Waals surface area contributed by atoms with Gasteiger partial charge in [-0.2, -0.15) is 0 Å². The van der Waals surface area contributed by atoms with Gasteiger partial charge in [0.15, 0.2) is 16.0 Å². The lowest BCUT2D eigenvalue weighted by Gasteiger charge is -2.34. The molecule has 115 heavy (non-hydrogen) atoms. The number of piperazine rings is 2. The molecule has 6 aliphatic heterocycles. The standard InChI is InChI=1S/C41H49N7O8S.C23H30N4OS.C20H24N2O7/c1-2-3-6-28(23-27-25-42-33-8-5-4-7-30(27)33)44-38(51)35-26-43-41(57-35)47-15-13-46(14-16-47)17-18-54-19-20-55-21-22-56-29-9-10-31-32(24-29)40(53)48(39(31)52)34-11-12-36(49)45-37(34)50;1-2-3-6-17(13-18-15-25-20-8-5-4-7-19(18)20)14-21(28)22-16-26-23(29-22)27-11-9-24-10-12-27;1-2-7-27-8-9-28-10-11-29-13-3-4-14-15(12-13)20(26)22(19(14)25)16-5-6-17(23)21-18(16)24/h4-5,7-10,24-26,28,34,42H,2-3,6,11-23H2,1H3,(H,44,51)(H,45,49,50);4-5,7-8,15-17,24-25H,2-3,6,9-14H2,1H3;3-4,12,16H,2,5-11H2,1H3,(H,21,23,24). The highest BCUT2D eigenvalue weighted by Gasteiger charge is 2.46. The Labute approximate surface area is 676 Å². The molecule has 8 aromatic rings. The Kier molecular flexibility index (Phi) is 30.8. The molecular weight excluding hydrogens is 1510 g/mol. The molecular formula is C84H103N13O16S2. The number of ketones is 1. The molecule has 0 bridgehead atoms. The number of Topliss-reactive ketones (excluding diaryl/α,β-unsaturated/α-hetero) is 1. The Morgan fingerprint density at radius 1 is 0.522 bits per heavy atom. The number of nitrogens with zero attached hydrogens (tertiary/aromatic N) is 7. The van der Waals surface area contributed by atoms with Crippen molar-refractivity contribution in [3.05, 3.63) is 153 Å². The zero-order valence-electron chi connectivity index (χ0n) is 65.5. The average molecular weight is 1610 g/mol. The Morgan fingerprint density at radius 3 is 1.54 bits per heavy atom. The number of imide groups is 4. The fourth-order valence-electron chi connectivity index (χ4n) is 14.8. The number of benzene rings is 4. The number of hydrogen-bond donors (Lipinski definition) is 6. The second kappa shape index (κ2) is 42.0. The van der Waals surface area contributed by atoms with Gasteiger partial charge in [0, 0.05) is 125 Å². The zero-order chi connectivity index (χ0) is 80.6. The van der Waals surface area contributed by atoms with Crippen LogP contribution in [0.3, 0.4) is 0 Å². The number of amides is 9. The molecule has 9 amide bonds. The fourth-order valence-corrected chi connectivity index (χ4v) is 16.6. The highest BCUT2D eigenvalue weighted by atomic mass is 32.1. The van der Waals surface area contributed by atoms with E-state index in [1.54, 1.807) is 35.9 Å². The topological polar surface area (TPSA) is 348 Å². The molecule has 29 nitrogen and oxygen atoms in total. The number of rotatable bonds is 38. The van der Waals surface area contributed by atoms with E-state index >= 15 is 0 Å². The molecule has 4 atom stereocenters. The van der Waals surface area contributed by atoms with Gasteiger partial charge in [0.1, 0.15) is 41.7 Å². The molecule has 0 spiro atoms. The highest BCUT2D eigenvalue weighted by molar-refractivity contribution is 7.17. The normalized spacial score (nSPS) is 17.6. The van der Waals surface area contributed by atoms with Crippen LogP contribution in [0.15, 0.2) is 110 Å². The van der Waals surface area contributed by atoms with E-state index in [9.17, 15) is 47.9 Å². The van der Waals surface area contributed by atoms with Crippen molar-refractivity contribution < 1.29 is 76.4 Å². The largest absolute Gasteiger partial charge is 0.491 e. The predicted molar refractivity (Wildman–Crippen MR) is 435 cm³/mol. The first-order chi connectivity index (χ1) is 56.0. The first-order valence-electron chi connectivity index (χ1n) is 40.1. The van der Waals surface area contributed by atoms with E-state index in [1.807, 2.05) is 19.1 Å². The number of piperidine rings is 2. The average Bonchev–Trinajstić information content (AvgIpc) is 1.61. The number of anilines is 2. The molecule has 0 saturated carbocycles. The second-order valence-electron chi connectivity index (χ2n) is 29.1. The van der Waals surface area contributed by atoms with Crippen molar-refractivity contribution in [3.8, 4) is 11.5 Å². The van der Waals surface area contributed by atoms with Gasteiger partial charge in [0.25, 0.3) is 29.5 Å². The summed E-state index contributed by atoms with van der Waals surface area (Å²) in [6.07, 6.45) is 17.8. The van der Waals surface area contributed by atoms with Crippen LogP contribution in [0.4, 0.5) is 10.3 Å². The molecule has 6 N–H and O–H groups in total. The predicted octanol–water partition coefficient (Wildman–Crippen LogP) is 9.36. The van der Waals surface area contributed by atoms with Crippen LogP contribution in [-0.4, -0.2) is 237 Å². The summed E-state index contributed by atoms with van der Waals surface area (Å²) in [6.45, 7) is 18.8. The molecule has 0 aliphatic carbocycles. The van der Waals surface area contributed by atoms with Crippen molar-refractivity contribution in [2.75, 3.05) is 135 Å². The van der Waals surface area contributed by atoms with Crippen LogP contribution < -0.4 is 40.5 Å². The molecule has 4 unspecified atom stereocenters. The zero-order valence-corrected chi connectivity index (χ0v) is 67.1. The highest BCUT2D eigenvalue weighted by Crippen LogP contribution is 2.35. The molecule has 4 saturated heterocycles. The van der Waals surface area contributed by atoms with Gasteiger partial charge in [0.2, 0.25) is 23.6 Å². The Morgan fingerprint density at radius 2 is 1.00 bits per heavy atom. The number of aromatic nitrogens is 4. The fraction of sp³-hybridized carbons (Fsp3) is 0.476. The third-order valence-electron chi connectivity index (χ3n) is 21.0. The quantitative estimate of drug-likeness (QED) is 0.0119. The number of thiazole rings is 2.